The maximum absolute atomic E-state index is 12.8. The third kappa shape index (κ3) is 2.66. The van der Waals surface area contributed by atoms with Crippen LogP contribution in [0.1, 0.15) is 30.1 Å². The molecule has 0 radical (unpaired) electrons. The minimum atomic E-state index is -0.272. The molecule has 3 heteroatoms. The van der Waals surface area contributed by atoms with Crippen LogP contribution < -0.4 is 0 Å². The minimum absolute atomic E-state index is 0.0807. The fourth-order valence-corrected chi connectivity index (χ4v) is 3.19. The Kier molecular flexibility index (Phi) is 3.93. The van der Waals surface area contributed by atoms with E-state index in [1.807, 2.05) is 47.4 Å². The molecule has 1 heterocycles. The Morgan fingerprint density at radius 1 is 1.24 bits per heavy atom. The summed E-state index contributed by atoms with van der Waals surface area (Å²) < 4.78 is 0. The lowest BCUT2D eigenvalue weighted by molar-refractivity contribution is 0.0230. The first-order chi connectivity index (χ1) is 10.2. The number of piperidine rings is 1. The van der Waals surface area contributed by atoms with Crippen molar-refractivity contribution in [3.63, 3.8) is 0 Å². The van der Waals surface area contributed by atoms with E-state index in [2.05, 4.69) is 6.92 Å². The summed E-state index contributed by atoms with van der Waals surface area (Å²) in [5.74, 6) is 0.273. The molecule has 2 aromatic rings. The van der Waals surface area contributed by atoms with Crippen molar-refractivity contribution in [2.45, 2.75) is 25.9 Å². The molecule has 0 spiro atoms. The van der Waals surface area contributed by atoms with Crippen LogP contribution in [0.2, 0.25) is 0 Å². The van der Waals surface area contributed by atoms with E-state index >= 15 is 0 Å². The number of carbonyl (C=O) groups excluding carboxylic acids is 1. The number of amides is 1. The molecule has 1 saturated heterocycles. The zero-order valence-electron chi connectivity index (χ0n) is 12.3. The molecule has 1 amide bonds. The minimum Gasteiger partial charge on any atom is -0.393 e. The van der Waals surface area contributed by atoms with Crippen LogP contribution in [0.15, 0.2) is 42.5 Å². The molecule has 0 bridgehead atoms. The normalized spacial score (nSPS) is 22.5. The number of carbonyl (C=O) groups is 1. The van der Waals surface area contributed by atoms with Crippen LogP contribution in [0.4, 0.5) is 0 Å². The second-order valence-electron chi connectivity index (χ2n) is 5.80. The molecular formula is C18H21NO2. The molecule has 2 atom stereocenters. The molecule has 3 rings (SSSR count). The molecule has 0 aliphatic carbocycles. The van der Waals surface area contributed by atoms with Gasteiger partial charge in [0.25, 0.3) is 5.91 Å². The van der Waals surface area contributed by atoms with Crippen molar-refractivity contribution >= 4 is 16.7 Å². The molecule has 2 unspecified atom stereocenters. The van der Waals surface area contributed by atoms with Gasteiger partial charge in [-0.1, -0.05) is 43.3 Å². The van der Waals surface area contributed by atoms with Gasteiger partial charge in [-0.15, -0.1) is 0 Å². The number of hydrogen-bond acceptors (Lipinski definition) is 2. The van der Waals surface area contributed by atoms with Gasteiger partial charge in [-0.3, -0.25) is 4.79 Å². The third-order valence-corrected chi connectivity index (χ3v) is 4.53. The number of aliphatic hydroxyl groups is 1. The fourth-order valence-electron chi connectivity index (χ4n) is 3.19. The summed E-state index contributed by atoms with van der Waals surface area (Å²) in [6, 6.07) is 13.8. The zero-order valence-corrected chi connectivity index (χ0v) is 12.3. The van der Waals surface area contributed by atoms with Crippen LogP contribution in [0.3, 0.4) is 0 Å². The Morgan fingerprint density at radius 2 is 2.00 bits per heavy atom. The third-order valence-electron chi connectivity index (χ3n) is 4.53. The predicted octanol–water partition coefficient (Wildman–Crippen LogP) is 3.07. The van der Waals surface area contributed by atoms with Crippen LogP contribution in [-0.2, 0) is 0 Å². The van der Waals surface area contributed by atoms with Crippen molar-refractivity contribution in [1.82, 2.24) is 4.90 Å². The van der Waals surface area contributed by atoms with Gasteiger partial charge in [-0.05, 0) is 29.7 Å². The molecule has 1 N–H and O–H groups in total. The molecule has 3 nitrogen and oxygen atoms in total. The van der Waals surface area contributed by atoms with Crippen molar-refractivity contribution in [3.05, 3.63) is 48.0 Å². The number of aliphatic hydroxyl groups excluding tert-OH is 1. The van der Waals surface area contributed by atoms with Gasteiger partial charge in [-0.2, -0.15) is 0 Å². The predicted molar refractivity (Wildman–Crippen MR) is 84.3 cm³/mol. The highest BCUT2D eigenvalue weighted by Crippen LogP contribution is 2.24. The molecule has 110 valence electrons. The first-order valence-corrected chi connectivity index (χ1v) is 7.65. The van der Waals surface area contributed by atoms with Crippen LogP contribution in [0.25, 0.3) is 10.8 Å². The van der Waals surface area contributed by atoms with E-state index in [0.29, 0.717) is 19.5 Å². The number of likely N-dealkylation sites (tertiary alicyclic amines) is 1. The van der Waals surface area contributed by atoms with Gasteiger partial charge in [-0.25, -0.2) is 0 Å². The molecule has 0 saturated carbocycles. The van der Waals surface area contributed by atoms with E-state index in [1.54, 1.807) is 0 Å². The highest BCUT2D eigenvalue weighted by Gasteiger charge is 2.29. The van der Waals surface area contributed by atoms with E-state index < -0.39 is 0 Å². The lowest BCUT2D eigenvalue weighted by Gasteiger charge is -2.36. The summed E-state index contributed by atoms with van der Waals surface area (Å²) in [6.07, 6.45) is 1.31. The van der Waals surface area contributed by atoms with Crippen LogP contribution >= 0.6 is 0 Å². The summed E-state index contributed by atoms with van der Waals surface area (Å²) in [5.41, 5.74) is 0.763. The van der Waals surface area contributed by atoms with Gasteiger partial charge >= 0.3 is 0 Å². The summed E-state index contributed by atoms with van der Waals surface area (Å²) >= 11 is 0. The lowest BCUT2D eigenvalue weighted by Crippen LogP contribution is -2.45. The number of benzene rings is 2. The first-order valence-electron chi connectivity index (χ1n) is 7.65. The maximum Gasteiger partial charge on any atom is 0.254 e. The van der Waals surface area contributed by atoms with Crippen molar-refractivity contribution < 1.29 is 9.90 Å². The highest BCUT2D eigenvalue weighted by molar-refractivity contribution is 6.07. The molecule has 1 aliphatic rings. The number of fused-ring (bicyclic) bond motifs is 1. The van der Waals surface area contributed by atoms with Gasteiger partial charge in [0.2, 0.25) is 0 Å². The second-order valence-corrected chi connectivity index (χ2v) is 5.80. The van der Waals surface area contributed by atoms with E-state index in [1.165, 1.54) is 0 Å². The summed E-state index contributed by atoms with van der Waals surface area (Å²) in [7, 11) is 0. The Bertz CT molecular complexity index is 647. The highest BCUT2D eigenvalue weighted by atomic mass is 16.3. The first kappa shape index (κ1) is 14.1. The van der Waals surface area contributed by atoms with E-state index in [4.69, 9.17) is 0 Å². The summed E-state index contributed by atoms with van der Waals surface area (Å²) in [5, 5.41) is 12.1. The fraction of sp³-hybridized carbons (Fsp3) is 0.389. The van der Waals surface area contributed by atoms with Gasteiger partial charge in [0, 0.05) is 24.6 Å². The molecule has 1 fully saturated rings. The Balaban J connectivity index is 1.90. The number of nitrogens with zero attached hydrogens (tertiary/aromatic N) is 1. The zero-order chi connectivity index (χ0) is 14.8. The molecular weight excluding hydrogens is 262 g/mol. The summed E-state index contributed by atoms with van der Waals surface area (Å²) in [6.45, 7) is 3.36. The lowest BCUT2D eigenvalue weighted by atomic mass is 9.91. The average Bonchev–Trinajstić information content (AvgIpc) is 2.54. The standard InChI is InChI=1S/C18H21NO2/c1-2-13-12-19(11-10-17(13)20)18(21)16-9-5-7-14-6-3-4-8-15(14)16/h3-9,13,17,20H,2,10-12H2,1H3. The van der Waals surface area contributed by atoms with Crippen molar-refractivity contribution in [2.75, 3.05) is 13.1 Å². The van der Waals surface area contributed by atoms with Gasteiger partial charge in [0.1, 0.15) is 0 Å². The molecule has 0 aromatic heterocycles. The van der Waals surface area contributed by atoms with Gasteiger partial charge in [0.15, 0.2) is 0 Å². The quantitative estimate of drug-likeness (QED) is 0.920. The number of rotatable bonds is 2. The maximum atomic E-state index is 12.8. The van der Waals surface area contributed by atoms with Gasteiger partial charge < -0.3 is 10.0 Å². The van der Waals surface area contributed by atoms with Crippen LogP contribution in [0, 0.1) is 5.92 Å². The number of hydrogen-bond donors (Lipinski definition) is 1. The van der Waals surface area contributed by atoms with Crippen molar-refractivity contribution in [1.29, 1.82) is 0 Å². The molecule has 21 heavy (non-hydrogen) atoms. The molecule has 1 aliphatic heterocycles. The van der Waals surface area contributed by atoms with Crippen molar-refractivity contribution in [2.24, 2.45) is 5.92 Å². The van der Waals surface area contributed by atoms with E-state index in [-0.39, 0.29) is 17.9 Å². The van der Waals surface area contributed by atoms with E-state index in [0.717, 1.165) is 22.8 Å². The Morgan fingerprint density at radius 3 is 2.81 bits per heavy atom. The SMILES string of the molecule is CCC1CN(C(=O)c2cccc3ccccc23)CCC1O. The average molecular weight is 283 g/mol. The molecule has 2 aromatic carbocycles. The largest absolute Gasteiger partial charge is 0.393 e. The van der Waals surface area contributed by atoms with Crippen LogP contribution in [-0.4, -0.2) is 35.1 Å². The van der Waals surface area contributed by atoms with Crippen molar-refractivity contribution in [3.8, 4) is 0 Å². The topological polar surface area (TPSA) is 40.5 Å². The monoisotopic (exact) mass is 283 g/mol. The van der Waals surface area contributed by atoms with E-state index in [9.17, 15) is 9.90 Å². The second kappa shape index (κ2) is 5.86. The van der Waals surface area contributed by atoms with Gasteiger partial charge in [0.05, 0.1) is 6.10 Å². The summed E-state index contributed by atoms with van der Waals surface area (Å²) in [4.78, 5) is 14.7. The Labute approximate surface area is 125 Å². The Hall–Kier alpha value is -1.87. The smallest absolute Gasteiger partial charge is 0.254 e. The van der Waals surface area contributed by atoms with Crippen LogP contribution in [0.5, 0.6) is 0 Å².